The quantitative estimate of drug-likeness (QED) is 0.647. The summed E-state index contributed by atoms with van der Waals surface area (Å²) < 4.78 is 2.30. The van der Waals surface area contributed by atoms with Gasteiger partial charge in [0.2, 0.25) is 0 Å². The molecule has 3 heterocycles. The Morgan fingerprint density at radius 2 is 2.08 bits per heavy atom. The average molecular weight is 352 g/mol. The number of hydrogen-bond donors (Lipinski definition) is 0. The highest BCUT2D eigenvalue weighted by molar-refractivity contribution is 6.35. The molecule has 2 aromatic heterocycles. The molecule has 3 aromatic rings. The van der Waals surface area contributed by atoms with Gasteiger partial charge >= 0.3 is 0 Å². The molecule has 1 aliphatic rings. The lowest BCUT2D eigenvalue weighted by atomic mass is 10.1. The van der Waals surface area contributed by atoms with E-state index in [0.29, 0.717) is 0 Å². The molecule has 0 N–H and O–H groups in total. The molecule has 4 rings (SSSR count). The van der Waals surface area contributed by atoms with Crippen LogP contribution in [-0.4, -0.2) is 28.0 Å². The van der Waals surface area contributed by atoms with Crippen LogP contribution in [0.2, 0.25) is 5.02 Å². The Kier molecular flexibility index (Phi) is 4.14. The lowest BCUT2D eigenvalue weighted by Gasteiger charge is -2.23. The molecule has 0 atom stereocenters. The standard InChI is InChI=1S/C21H22ClN3/c1-14(16-8-7-15(2)23-11-16)12-25-20-9-10-24(3)13-18(20)17-5-4-6-19(22)21(17)25/h4-8,11-12H,9-10,13H2,1-3H3. The van der Waals surface area contributed by atoms with E-state index in [0.717, 1.165) is 41.3 Å². The Labute approximate surface area is 153 Å². The minimum Gasteiger partial charge on any atom is -0.318 e. The van der Waals surface area contributed by atoms with Crippen LogP contribution in [0.1, 0.15) is 29.4 Å². The summed E-state index contributed by atoms with van der Waals surface area (Å²) >= 11 is 6.59. The summed E-state index contributed by atoms with van der Waals surface area (Å²) in [6.45, 7) is 6.18. The van der Waals surface area contributed by atoms with E-state index in [9.17, 15) is 0 Å². The van der Waals surface area contributed by atoms with E-state index < -0.39 is 0 Å². The number of fused-ring (bicyclic) bond motifs is 3. The van der Waals surface area contributed by atoms with Crippen LogP contribution in [0.3, 0.4) is 0 Å². The maximum absolute atomic E-state index is 6.59. The van der Waals surface area contributed by atoms with Crippen molar-refractivity contribution < 1.29 is 0 Å². The van der Waals surface area contributed by atoms with Gasteiger partial charge in [-0.2, -0.15) is 0 Å². The molecule has 3 nitrogen and oxygen atoms in total. The van der Waals surface area contributed by atoms with Crippen molar-refractivity contribution in [3.8, 4) is 0 Å². The van der Waals surface area contributed by atoms with E-state index in [4.69, 9.17) is 11.6 Å². The van der Waals surface area contributed by atoms with Gasteiger partial charge in [0.1, 0.15) is 0 Å². The number of pyridine rings is 1. The van der Waals surface area contributed by atoms with E-state index in [1.54, 1.807) is 0 Å². The summed E-state index contributed by atoms with van der Waals surface area (Å²) in [5, 5.41) is 2.07. The molecule has 0 saturated heterocycles. The van der Waals surface area contributed by atoms with Gasteiger partial charge in [-0.25, -0.2) is 0 Å². The fraction of sp³-hybridized carbons (Fsp3) is 0.286. The first kappa shape index (κ1) is 16.4. The van der Waals surface area contributed by atoms with Gasteiger partial charge in [-0.05, 0) is 49.7 Å². The maximum atomic E-state index is 6.59. The number of benzene rings is 1. The predicted octanol–water partition coefficient (Wildman–Crippen LogP) is 5.00. The molecule has 0 spiro atoms. The van der Waals surface area contributed by atoms with Crippen molar-refractivity contribution in [3.05, 3.63) is 64.1 Å². The van der Waals surface area contributed by atoms with E-state index in [-0.39, 0.29) is 0 Å². The van der Waals surface area contributed by atoms with Gasteiger partial charge in [0.05, 0.1) is 10.5 Å². The highest BCUT2D eigenvalue weighted by Crippen LogP contribution is 2.35. The third-order valence-electron chi connectivity index (χ3n) is 5.04. The Morgan fingerprint density at radius 3 is 2.84 bits per heavy atom. The van der Waals surface area contributed by atoms with Gasteiger partial charge in [0, 0.05) is 48.7 Å². The fourth-order valence-corrected chi connectivity index (χ4v) is 3.91. The highest BCUT2D eigenvalue weighted by Gasteiger charge is 2.22. The van der Waals surface area contributed by atoms with Crippen molar-refractivity contribution in [1.82, 2.24) is 14.5 Å². The second kappa shape index (κ2) is 6.32. The minimum absolute atomic E-state index is 0.806. The summed E-state index contributed by atoms with van der Waals surface area (Å²) in [5.41, 5.74) is 7.25. The second-order valence-electron chi connectivity index (χ2n) is 6.92. The molecular weight excluding hydrogens is 330 g/mol. The van der Waals surface area contributed by atoms with Crippen LogP contribution in [0.5, 0.6) is 0 Å². The maximum Gasteiger partial charge on any atom is 0.0716 e. The van der Waals surface area contributed by atoms with Crippen molar-refractivity contribution in [2.75, 3.05) is 13.6 Å². The van der Waals surface area contributed by atoms with E-state index in [1.807, 2.05) is 25.3 Å². The Hall–Kier alpha value is -2.10. The normalized spacial score (nSPS) is 15.6. The van der Waals surface area contributed by atoms with Crippen molar-refractivity contribution in [1.29, 1.82) is 0 Å². The Balaban J connectivity index is 1.92. The lowest BCUT2D eigenvalue weighted by molar-refractivity contribution is 0.312. The number of nitrogens with zero attached hydrogens (tertiary/aromatic N) is 3. The molecule has 1 aliphatic heterocycles. The van der Waals surface area contributed by atoms with Gasteiger partial charge in [-0.3, -0.25) is 4.98 Å². The summed E-state index contributed by atoms with van der Waals surface area (Å²) in [6.07, 6.45) is 5.19. The molecule has 128 valence electrons. The van der Waals surface area contributed by atoms with Crippen LogP contribution in [0, 0.1) is 6.92 Å². The molecule has 0 unspecified atom stereocenters. The summed E-state index contributed by atoms with van der Waals surface area (Å²) in [4.78, 5) is 6.79. The zero-order valence-corrected chi connectivity index (χ0v) is 15.6. The average Bonchev–Trinajstić information content (AvgIpc) is 2.90. The van der Waals surface area contributed by atoms with E-state index in [2.05, 4.69) is 52.8 Å². The number of para-hydroxylation sites is 1. The van der Waals surface area contributed by atoms with Crippen LogP contribution < -0.4 is 0 Å². The molecule has 0 saturated carbocycles. The van der Waals surface area contributed by atoms with Crippen molar-refractivity contribution in [3.63, 3.8) is 0 Å². The van der Waals surface area contributed by atoms with Crippen LogP contribution in [-0.2, 0) is 13.0 Å². The van der Waals surface area contributed by atoms with Gasteiger partial charge in [-0.1, -0.05) is 29.8 Å². The molecule has 4 heteroatoms. The summed E-state index contributed by atoms with van der Waals surface area (Å²) in [7, 11) is 2.18. The molecule has 0 bridgehead atoms. The highest BCUT2D eigenvalue weighted by atomic mass is 35.5. The number of hydrogen-bond acceptors (Lipinski definition) is 2. The first-order chi connectivity index (χ1) is 12.0. The van der Waals surface area contributed by atoms with Crippen molar-refractivity contribution in [2.45, 2.75) is 26.8 Å². The molecule has 25 heavy (non-hydrogen) atoms. The zero-order chi connectivity index (χ0) is 17.6. The van der Waals surface area contributed by atoms with Gasteiger partial charge in [0.15, 0.2) is 0 Å². The monoisotopic (exact) mass is 351 g/mol. The molecule has 0 amide bonds. The second-order valence-corrected chi connectivity index (χ2v) is 7.33. The molecule has 0 radical (unpaired) electrons. The topological polar surface area (TPSA) is 21.1 Å². The van der Waals surface area contributed by atoms with Crippen LogP contribution in [0.4, 0.5) is 0 Å². The Morgan fingerprint density at radius 1 is 1.24 bits per heavy atom. The largest absolute Gasteiger partial charge is 0.318 e. The van der Waals surface area contributed by atoms with Gasteiger partial charge < -0.3 is 9.47 Å². The third-order valence-corrected chi connectivity index (χ3v) is 5.34. The number of aryl methyl sites for hydroxylation is 1. The van der Waals surface area contributed by atoms with Crippen LogP contribution in [0.25, 0.3) is 22.7 Å². The van der Waals surface area contributed by atoms with Crippen molar-refractivity contribution >= 4 is 34.3 Å². The summed E-state index contributed by atoms with van der Waals surface area (Å²) in [6, 6.07) is 10.4. The lowest BCUT2D eigenvalue weighted by Crippen LogP contribution is -2.26. The summed E-state index contributed by atoms with van der Waals surface area (Å²) in [5.74, 6) is 0. The van der Waals surface area contributed by atoms with E-state index in [1.165, 1.54) is 22.2 Å². The zero-order valence-electron chi connectivity index (χ0n) is 14.9. The first-order valence-corrected chi connectivity index (χ1v) is 9.02. The molecule has 1 aromatic carbocycles. The third kappa shape index (κ3) is 2.88. The number of likely N-dealkylation sites (N-methyl/N-ethyl adjacent to an activating group) is 1. The van der Waals surface area contributed by atoms with Crippen LogP contribution >= 0.6 is 11.6 Å². The number of rotatable bonds is 2. The predicted molar refractivity (Wildman–Crippen MR) is 106 cm³/mol. The van der Waals surface area contributed by atoms with Gasteiger partial charge in [0.25, 0.3) is 0 Å². The van der Waals surface area contributed by atoms with Crippen molar-refractivity contribution in [2.24, 2.45) is 0 Å². The number of halogens is 1. The first-order valence-electron chi connectivity index (χ1n) is 8.65. The number of aromatic nitrogens is 2. The Bertz CT molecular complexity index is 967. The van der Waals surface area contributed by atoms with Crippen LogP contribution in [0.15, 0.2) is 36.5 Å². The molecule has 0 aliphatic carbocycles. The molecular formula is C21H22ClN3. The molecule has 0 fully saturated rings. The number of allylic oxidation sites excluding steroid dienone is 1. The van der Waals surface area contributed by atoms with Gasteiger partial charge in [-0.15, -0.1) is 0 Å². The van der Waals surface area contributed by atoms with E-state index >= 15 is 0 Å². The SMILES string of the molecule is CC(=Cn1c2c(c3cccc(Cl)c31)CN(C)CC2)c1ccc(C)nc1. The smallest absolute Gasteiger partial charge is 0.0716 e. The fourth-order valence-electron chi connectivity index (χ4n) is 3.64. The minimum atomic E-state index is 0.806.